The molecule has 1 aromatic heterocycles. The number of fused-ring (bicyclic) bond motifs is 1. The predicted octanol–water partition coefficient (Wildman–Crippen LogP) is 0.762. The van der Waals surface area contributed by atoms with E-state index in [0.717, 1.165) is 18.4 Å². The minimum atomic E-state index is -0.402. The lowest BCUT2D eigenvalue weighted by atomic mass is 10.3. The molecule has 0 spiro atoms. The molecule has 106 valence electrons. The molecule has 1 aromatic carbocycles. The second-order valence-corrected chi connectivity index (χ2v) is 5.26. The van der Waals surface area contributed by atoms with Crippen LogP contribution in [-0.2, 0) is 11.5 Å². The second kappa shape index (κ2) is 5.13. The third kappa shape index (κ3) is 2.75. The van der Waals surface area contributed by atoms with Crippen LogP contribution in [0, 0.1) is 0 Å². The maximum absolute atomic E-state index is 11.8. The molecule has 0 atom stereocenters. The third-order valence-electron chi connectivity index (χ3n) is 3.31. The highest BCUT2D eigenvalue weighted by Gasteiger charge is 2.23. The highest BCUT2D eigenvalue weighted by Crippen LogP contribution is 2.18. The fraction of sp³-hybridized carbons (Fsp3) is 0.429. The molecule has 0 saturated heterocycles. The van der Waals surface area contributed by atoms with Gasteiger partial charge in [-0.05, 0) is 32.0 Å². The minimum absolute atomic E-state index is 0.00384. The number of carbonyl (C=O) groups excluding carboxylic acids is 1. The molecular formula is C14H17N3O3. The van der Waals surface area contributed by atoms with Gasteiger partial charge in [0.05, 0.1) is 18.7 Å². The second-order valence-electron chi connectivity index (χ2n) is 5.26. The van der Waals surface area contributed by atoms with Crippen LogP contribution in [0.25, 0.3) is 11.1 Å². The standard InChI is InChI=1S/C14H17N3O3/c1-16(8-13(18)15-10-6-7-10)9-17-11-4-2-3-5-12(11)20-14(17)19/h2-5,10H,6-9H2,1H3,(H,15,18). The van der Waals surface area contributed by atoms with Gasteiger partial charge in [-0.2, -0.15) is 0 Å². The zero-order valence-corrected chi connectivity index (χ0v) is 11.3. The zero-order valence-electron chi connectivity index (χ0n) is 11.3. The summed E-state index contributed by atoms with van der Waals surface area (Å²) < 4.78 is 6.69. The summed E-state index contributed by atoms with van der Waals surface area (Å²) in [5.74, 6) is -0.406. The summed E-state index contributed by atoms with van der Waals surface area (Å²) in [5, 5.41) is 2.92. The zero-order chi connectivity index (χ0) is 14.1. The number of oxazole rings is 1. The number of amides is 1. The number of likely N-dealkylation sites (N-methyl/N-ethyl adjacent to an activating group) is 1. The highest BCUT2D eigenvalue weighted by molar-refractivity contribution is 5.78. The Hall–Kier alpha value is -2.08. The molecule has 1 fully saturated rings. The summed E-state index contributed by atoms with van der Waals surface area (Å²) in [6.45, 7) is 0.594. The maximum atomic E-state index is 11.8. The Labute approximate surface area is 116 Å². The van der Waals surface area contributed by atoms with Gasteiger partial charge in [-0.1, -0.05) is 12.1 Å². The number of hydrogen-bond donors (Lipinski definition) is 1. The summed E-state index contributed by atoms with van der Waals surface area (Å²) in [5.41, 5.74) is 1.31. The van der Waals surface area contributed by atoms with Crippen molar-refractivity contribution in [2.24, 2.45) is 0 Å². The fourth-order valence-corrected chi connectivity index (χ4v) is 2.19. The van der Waals surface area contributed by atoms with Crippen LogP contribution in [0.3, 0.4) is 0 Å². The number of hydrogen-bond acceptors (Lipinski definition) is 4. The summed E-state index contributed by atoms with van der Waals surface area (Å²) in [4.78, 5) is 25.3. The fourth-order valence-electron chi connectivity index (χ4n) is 2.19. The molecule has 6 nitrogen and oxygen atoms in total. The van der Waals surface area contributed by atoms with Crippen molar-refractivity contribution < 1.29 is 9.21 Å². The van der Waals surface area contributed by atoms with E-state index in [0.29, 0.717) is 18.3 Å². The first-order valence-electron chi connectivity index (χ1n) is 6.70. The number of rotatable bonds is 5. The summed E-state index contributed by atoms with van der Waals surface area (Å²) >= 11 is 0. The minimum Gasteiger partial charge on any atom is -0.408 e. The molecule has 0 bridgehead atoms. The van der Waals surface area contributed by atoms with Crippen LogP contribution in [0.2, 0.25) is 0 Å². The topological polar surface area (TPSA) is 67.5 Å². The largest absolute Gasteiger partial charge is 0.421 e. The quantitative estimate of drug-likeness (QED) is 0.875. The lowest BCUT2D eigenvalue weighted by molar-refractivity contribution is -0.122. The molecule has 1 aliphatic rings. The van der Waals surface area contributed by atoms with Crippen LogP contribution in [0.1, 0.15) is 12.8 Å². The van der Waals surface area contributed by atoms with E-state index in [1.807, 2.05) is 18.2 Å². The van der Waals surface area contributed by atoms with Gasteiger partial charge in [0, 0.05) is 6.04 Å². The molecule has 1 amide bonds. The Kier molecular flexibility index (Phi) is 3.31. The first-order valence-corrected chi connectivity index (χ1v) is 6.70. The van der Waals surface area contributed by atoms with E-state index in [1.54, 1.807) is 18.0 Å². The summed E-state index contributed by atoms with van der Waals surface area (Å²) in [6, 6.07) is 7.62. The molecule has 0 aliphatic heterocycles. The average molecular weight is 275 g/mol. The average Bonchev–Trinajstić information content (AvgIpc) is 3.15. The Morgan fingerprint density at radius 1 is 1.45 bits per heavy atom. The number of para-hydroxylation sites is 2. The molecule has 2 aromatic rings. The molecule has 0 unspecified atom stereocenters. The normalized spacial score (nSPS) is 14.9. The van der Waals surface area contributed by atoms with E-state index in [4.69, 9.17) is 4.42 Å². The van der Waals surface area contributed by atoms with Crippen molar-refractivity contribution in [3.8, 4) is 0 Å². The first-order chi connectivity index (χ1) is 9.63. The van der Waals surface area contributed by atoms with Gasteiger partial charge in [0.15, 0.2) is 5.58 Å². The van der Waals surface area contributed by atoms with Crippen LogP contribution >= 0.6 is 0 Å². The van der Waals surface area contributed by atoms with Crippen LogP contribution in [0.5, 0.6) is 0 Å². The Bertz CT molecular complexity index is 684. The number of benzene rings is 1. The van der Waals surface area contributed by atoms with E-state index < -0.39 is 5.76 Å². The van der Waals surface area contributed by atoms with Crippen LogP contribution < -0.4 is 11.1 Å². The summed E-state index contributed by atoms with van der Waals surface area (Å²) in [6.07, 6.45) is 2.14. The maximum Gasteiger partial charge on any atom is 0.421 e. The van der Waals surface area contributed by atoms with Gasteiger partial charge in [0.25, 0.3) is 0 Å². The molecule has 1 saturated carbocycles. The van der Waals surface area contributed by atoms with Gasteiger partial charge in [0.1, 0.15) is 0 Å². The lowest BCUT2D eigenvalue weighted by Gasteiger charge is -2.16. The van der Waals surface area contributed by atoms with Crippen molar-refractivity contribution in [1.82, 2.24) is 14.8 Å². The van der Waals surface area contributed by atoms with E-state index >= 15 is 0 Å². The number of carbonyl (C=O) groups is 1. The van der Waals surface area contributed by atoms with Crippen LogP contribution in [0.4, 0.5) is 0 Å². The smallest absolute Gasteiger partial charge is 0.408 e. The molecule has 6 heteroatoms. The van der Waals surface area contributed by atoms with E-state index in [9.17, 15) is 9.59 Å². The van der Waals surface area contributed by atoms with E-state index in [1.165, 1.54) is 4.57 Å². The van der Waals surface area contributed by atoms with Crippen molar-refractivity contribution in [3.05, 3.63) is 34.8 Å². The number of aromatic nitrogens is 1. The van der Waals surface area contributed by atoms with Crippen molar-refractivity contribution in [3.63, 3.8) is 0 Å². The Morgan fingerprint density at radius 3 is 2.95 bits per heavy atom. The predicted molar refractivity (Wildman–Crippen MR) is 74.3 cm³/mol. The van der Waals surface area contributed by atoms with E-state index in [-0.39, 0.29) is 12.5 Å². The van der Waals surface area contributed by atoms with Crippen molar-refractivity contribution in [2.75, 3.05) is 13.6 Å². The Balaban J connectivity index is 1.70. The van der Waals surface area contributed by atoms with Gasteiger partial charge >= 0.3 is 5.76 Å². The molecular weight excluding hydrogens is 258 g/mol. The van der Waals surface area contributed by atoms with Gasteiger partial charge in [-0.3, -0.25) is 14.3 Å². The number of nitrogens with one attached hydrogen (secondary N) is 1. The lowest BCUT2D eigenvalue weighted by Crippen LogP contribution is -2.38. The van der Waals surface area contributed by atoms with Crippen LogP contribution in [0.15, 0.2) is 33.5 Å². The van der Waals surface area contributed by atoms with E-state index in [2.05, 4.69) is 5.32 Å². The van der Waals surface area contributed by atoms with Gasteiger partial charge in [-0.25, -0.2) is 4.79 Å². The molecule has 1 N–H and O–H groups in total. The van der Waals surface area contributed by atoms with Gasteiger partial charge in [-0.15, -0.1) is 0 Å². The molecule has 3 rings (SSSR count). The monoisotopic (exact) mass is 275 g/mol. The highest BCUT2D eigenvalue weighted by atomic mass is 16.4. The van der Waals surface area contributed by atoms with Crippen molar-refractivity contribution in [1.29, 1.82) is 0 Å². The third-order valence-corrected chi connectivity index (χ3v) is 3.31. The van der Waals surface area contributed by atoms with Crippen molar-refractivity contribution in [2.45, 2.75) is 25.6 Å². The van der Waals surface area contributed by atoms with Gasteiger partial charge < -0.3 is 9.73 Å². The summed E-state index contributed by atoms with van der Waals surface area (Å²) in [7, 11) is 1.81. The van der Waals surface area contributed by atoms with Crippen molar-refractivity contribution >= 4 is 17.0 Å². The Morgan fingerprint density at radius 2 is 2.20 bits per heavy atom. The molecule has 0 radical (unpaired) electrons. The SMILES string of the molecule is CN(CC(=O)NC1CC1)Cn1c(=O)oc2ccccc21. The molecule has 1 aliphatic carbocycles. The van der Waals surface area contributed by atoms with Gasteiger partial charge in [0.2, 0.25) is 5.91 Å². The molecule has 20 heavy (non-hydrogen) atoms. The molecule has 1 heterocycles. The first kappa shape index (κ1) is 12.9. The number of nitrogens with zero attached hydrogens (tertiary/aromatic N) is 2. The van der Waals surface area contributed by atoms with Crippen LogP contribution in [-0.4, -0.2) is 35.0 Å².